The Morgan fingerprint density at radius 3 is 2.51 bits per heavy atom. The molecule has 3 aromatic rings. The molecule has 1 saturated heterocycles. The molecule has 4 atom stereocenters. The van der Waals surface area contributed by atoms with Crippen molar-refractivity contribution in [2.24, 2.45) is 0 Å². The third-order valence-electron chi connectivity index (χ3n) is 6.83. The third kappa shape index (κ3) is 7.50. The number of carbonyl (C=O) groups is 2. The van der Waals surface area contributed by atoms with Crippen LogP contribution in [0.2, 0.25) is 0 Å². The van der Waals surface area contributed by atoms with Crippen LogP contribution in [-0.2, 0) is 24.2 Å². The number of aliphatic hydroxyl groups is 2. The fraction of sp³-hybridized carbons (Fsp3) is 0.379. The number of benzene rings is 2. The van der Waals surface area contributed by atoms with E-state index >= 15 is 0 Å². The minimum Gasteiger partial charge on any atom is -0.459 e. The van der Waals surface area contributed by atoms with Crippen LogP contribution in [0.1, 0.15) is 40.6 Å². The first-order valence-corrected chi connectivity index (χ1v) is 13.0. The van der Waals surface area contributed by atoms with Gasteiger partial charge in [0.05, 0.1) is 24.5 Å². The monoisotopic (exact) mass is 541 g/mol. The number of furan rings is 1. The number of likely N-dealkylation sites (tertiary alicyclic amines) is 1. The second-order valence-electron chi connectivity index (χ2n) is 9.81. The van der Waals surface area contributed by atoms with Gasteiger partial charge < -0.3 is 30.2 Å². The highest BCUT2D eigenvalue weighted by Gasteiger charge is 2.41. The zero-order chi connectivity index (χ0) is 27.9. The summed E-state index contributed by atoms with van der Waals surface area (Å²) >= 11 is 0. The molecule has 39 heavy (non-hydrogen) atoms. The van der Waals surface area contributed by atoms with E-state index in [4.69, 9.17) is 4.42 Å². The summed E-state index contributed by atoms with van der Waals surface area (Å²) in [7, 11) is 0. The number of aliphatic hydroxyl groups excluding tert-OH is 2. The van der Waals surface area contributed by atoms with E-state index in [1.54, 1.807) is 6.07 Å². The topological polar surface area (TPSA) is 115 Å². The van der Waals surface area contributed by atoms with Crippen molar-refractivity contribution in [1.29, 1.82) is 0 Å². The van der Waals surface area contributed by atoms with Gasteiger partial charge >= 0.3 is 0 Å². The highest BCUT2D eigenvalue weighted by molar-refractivity contribution is 5.96. The second kappa shape index (κ2) is 13.0. The first-order valence-electron chi connectivity index (χ1n) is 13.0. The van der Waals surface area contributed by atoms with Gasteiger partial charge in [-0.25, -0.2) is 8.78 Å². The molecule has 0 spiro atoms. The van der Waals surface area contributed by atoms with Gasteiger partial charge in [0, 0.05) is 32.1 Å². The molecule has 10 heteroatoms. The molecule has 2 aromatic carbocycles. The lowest BCUT2D eigenvalue weighted by Crippen LogP contribution is -2.54. The van der Waals surface area contributed by atoms with Crippen molar-refractivity contribution in [3.63, 3.8) is 0 Å². The number of β-amino-alcohol motifs (C(OH)–C–C–N with tert-alkyl or cyclic N) is 1. The Hall–Kier alpha value is -3.60. The van der Waals surface area contributed by atoms with E-state index in [1.165, 1.54) is 22.8 Å². The SMILES string of the molecule is CCc1cccc(CNC[C@@H](O)[C@H](Cc2cc(F)cc(F)c2)NC(=O)C2CC(O)CN2C(=O)c2ccco2)c1. The number of carbonyl (C=O) groups excluding carboxylic acids is 2. The van der Waals surface area contributed by atoms with E-state index < -0.39 is 47.7 Å². The number of aryl methyl sites for hydroxylation is 1. The summed E-state index contributed by atoms with van der Waals surface area (Å²) in [5.41, 5.74) is 2.46. The molecule has 2 unspecified atom stereocenters. The molecule has 1 aromatic heterocycles. The van der Waals surface area contributed by atoms with Gasteiger partial charge in [0.1, 0.15) is 17.7 Å². The quantitative estimate of drug-likeness (QED) is 0.297. The predicted molar refractivity (Wildman–Crippen MR) is 140 cm³/mol. The number of rotatable bonds is 11. The lowest BCUT2D eigenvalue weighted by atomic mass is 9.99. The van der Waals surface area contributed by atoms with Gasteiger partial charge in [-0.1, -0.05) is 31.2 Å². The van der Waals surface area contributed by atoms with Crippen LogP contribution in [0, 0.1) is 11.6 Å². The molecule has 1 aliphatic heterocycles. The third-order valence-corrected chi connectivity index (χ3v) is 6.83. The van der Waals surface area contributed by atoms with Gasteiger partial charge in [0.15, 0.2) is 5.76 Å². The van der Waals surface area contributed by atoms with E-state index in [-0.39, 0.29) is 37.3 Å². The Bertz CT molecular complexity index is 1250. The zero-order valence-corrected chi connectivity index (χ0v) is 21.6. The maximum atomic E-state index is 13.9. The highest BCUT2D eigenvalue weighted by Crippen LogP contribution is 2.22. The van der Waals surface area contributed by atoms with E-state index in [2.05, 4.69) is 23.6 Å². The van der Waals surface area contributed by atoms with Crippen LogP contribution in [0.25, 0.3) is 0 Å². The molecule has 1 fully saturated rings. The van der Waals surface area contributed by atoms with E-state index in [9.17, 15) is 28.6 Å². The standard InChI is InChI=1S/C29H33F2N3O5/c1-2-18-5-3-6-19(9-18)15-32-16-26(36)24(12-20-10-21(30)13-22(31)11-20)33-28(37)25-14-23(35)17-34(25)29(38)27-7-4-8-39-27/h3-11,13,23-26,32,35-36H,2,12,14-17H2,1H3,(H,33,37)/t23?,24-,25?,26+/m0/s1. The largest absolute Gasteiger partial charge is 0.459 e. The van der Waals surface area contributed by atoms with Crippen LogP contribution in [0.4, 0.5) is 8.78 Å². The summed E-state index contributed by atoms with van der Waals surface area (Å²) in [5.74, 6) is -2.65. The minimum absolute atomic E-state index is 0.00170. The average Bonchev–Trinajstić information content (AvgIpc) is 3.57. The number of amides is 2. The van der Waals surface area contributed by atoms with Crippen molar-refractivity contribution < 1.29 is 33.0 Å². The number of halogens is 2. The molecule has 4 rings (SSSR count). The number of hydrogen-bond acceptors (Lipinski definition) is 6. The van der Waals surface area contributed by atoms with Crippen molar-refractivity contribution in [3.05, 3.63) is 94.9 Å². The van der Waals surface area contributed by atoms with Crippen molar-refractivity contribution in [2.45, 2.75) is 57.0 Å². The van der Waals surface area contributed by atoms with Crippen molar-refractivity contribution >= 4 is 11.8 Å². The Kier molecular flexibility index (Phi) is 9.45. The molecule has 4 N–H and O–H groups in total. The summed E-state index contributed by atoms with van der Waals surface area (Å²) < 4.78 is 32.9. The van der Waals surface area contributed by atoms with E-state index in [1.807, 2.05) is 18.2 Å². The van der Waals surface area contributed by atoms with Gasteiger partial charge in [-0.05, 0) is 53.8 Å². The summed E-state index contributed by atoms with van der Waals surface area (Å²) in [5, 5.41) is 27.2. The van der Waals surface area contributed by atoms with Crippen LogP contribution in [0.3, 0.4) is 0 Å². The van der Waals surface area contributed by atoms with Crippen molar-refractivity contribution in [2.75, 3.05) is 13.1 Å². The Labute approximate surface area is 225 Å². The van der Waals surface area contributed by atoms with Crippen LogP contribution in [0.15, 0.2) is 65.3 Å². The second-order valence-corrected chi connectivity index (χ2v) is 9.81. The molecule has 0 bridgehead atoms. The molecule has 0 aliphatic carbocycles. The van der Waals surface area contributed by atoms with Crippen molar-refractivity contribution in [3.8, 4) is 0 Å². The number of hydrogen-bond donors (Lipinski definition) is 4. The van der Waals surface area contributed by atoms with Crippen molar-refractivity contribution in [1.82, 2.24) is 15.5 Å². The molecule has 1 aliphatic rings. The van der Waals surface area contributed by atoms with Gasteiger partial charge in [-0.3, -0.25) is 9.59 Å². The summed E-state index contributed by atoms with van der Waals surface area (Å²) in [6.07, 6.45) is 0.128. The fourth-order valence-electron chi connectivity index (χ4n) is 4.84. The highest BCUT2D eigenvalue weighted by atomic mass is 19.1. The molecule has 2 amide bonds. The van der Waals surface area contributed by atoms with Gasteiger partial charge in [-0.15, -0.1) is 0 Å². The molecule has 208 valence electrons. The summed E-state index contributed by atoms with van der Waals surface area (Å²) in [6, 6.07) is 12.1. The Balaban J connectivity index is 1.47. The number of nitrogens with one attached hydrogen (secondary N) is 2. The summed E-state index contributed by atoms with van der Waals surface area (Å²) in [4.78, 5) is 27.5. The van der Waals surface area contributed by atoms with Crippen LogP contribution < -0.4 is 10.6 Å². The van der Waals surface area contributed by atoms with Crippen LogP contribution in [-0.4, -0.2) is 64.3 Å². The van der Waals surface area contributed by atoms with Crippen LogP contribution in [0.5, 0.6) is 0 Å². The molecular weight excluding hydrogens is 508 g/mol. The van der Waals surface area contributed by atoms with E-state index in [0.717, 1.165) is 30.2 Å². The molecular formula is C29H33F2N3O5. The normalized spacial score (nSPS) is 18.6. The van der Waals surface area contributed by atoms with Crippen LogP contribution >= 0.6 is 0 Å². The van der Waals surface area contributed by atoms with E-state index in [0.29, 0.717) is 6.54 Å². The zero-order valence-electron chi connectivity index (χ0n) is 21.6. The average molecular weight is 542 g/mol. The van der Waals surface area contributed by atoms with Gasteiger partial charge in [0.2, 0.25) is 5.91 Å². The Morgan fingerprint density at radius 2 is 1.82 bits per heavy atom. The fourth-order valence-corrected chi connectivity index (χ4v) is 4.84. The first-order chi connectivity index (χ1) is 18.7. The lowest BCUT2D eigenvalue weighted by Gasteiger charge is -2.29. The smallest absolute Gasteiger partial charge is 0.290 e. The molecule has 2 heterocycles. The summed E-state index contributed by atoms with van der Waals surface area (Å²) in [6.45, 7) is 2.56. The minimum atomic E-state index is -1.13. The van der Waals surface area contributed by atoms with Gasteiger partial charge in [0.25, 0.3) is 5.91 Å². The van der Waals surface area contributed by atoms with Gasteiger partial charge in [-0.2, -0.15) is 0 Å². The molecule has 0 radical (unpaired) electrons. The lowest BCUT2D eigenvalue weighted by molar-refractivity contribution is -0.126. The Morgan fingerprint density at radius 1 is 1.08 bits per heavy atom. The number of nitrogens with zero attached hydrogens (tertiary/aromatic N) is 1. The molecule has 0 saturated carbocycles. The maximum Gasteiger partial charge on any atom is 0.290 e. The first kappa shape index (κ1) is 28.4. The predicted octanol–water partition coefficient (Wildman–Crippen LogP) is 2.57. The maximum absolute atomic E-state index is 13.9. The molecule has 8 nitrogen and oxygen atoms in total.